The van der Waals surface area contributed by atoms with Gasteiger partial charge in [0.1, 0.15) is 16.5 Å². The minimum absolute atomic E-state index is 0.0184. The first-order chi connectivity index (χ1) is 12.8. The molecule has 0 bridgehead atoms. The quantitative estimate of drug-likeness (QED) is 0.721. The third-order valence-corrected chi connectivity index (χ3v) is 5.04. The fourth-order valence-electron chi connectivity index (χ4n) is 2.29. The highest BCUT2D eigenvalue weighted by Gasteiger charge is 2.23. The molecule has 2 aromatic heterocycles. The highest BCUT2D eigenvalue weighted by Crippen LogP contribution is 2.24. The number of rotatable bonds is 5. The Hall–Kier alpha value is -3.32. The smallest absolute Gasteiger partial charge is 0.263 e. The maximum atomic E-state index is 14.2. The van der Waals surface area contributed by atoms with Crippen molar-refractivity contribution in [2.75, 3.05) is 4.72 Å². The van der Waals surface area contributed by atoms with Crippen LogP contribution in [-0.4, -0.2) is 28.2 Å². The molecule has 0 saturated heterocycles. The molecule has 0 atom stereocenters. The van der Waals surface area contributed by atoms with E-state index in [9.17, 15) is 12.8 Å². The average molecular weight is 386 g/mol. The van der Waals surface area contributed by atoms with Crippen LogP contribution in [0, 0.1) is 17.1 Å². The predicted octanol–water partition coefficient (Wildman–Crippen LogP) is 2.60. The molecule has 0 aliphatic carbocycles. The van der Waals surface area contributed by atoms with E-state index in [4.69, 9.17) is 5.26 Å². The fraction of sp³-hybridized carbons (Fsp3) is 0.176. The van der Waals surface area contributed by atoms with Gasteiger partial charge in [0.15, 0.2) is 0 Å². The standard InChI is InChI=1S/C17H15FN6O2S/c1-11(2)14-9-16(24(22-14)17-20-6-3-7-21-17)23-27(25,26)15-5-4-12(10-19)8-13(15)18/h3-9,11,23H,1-2H3. The molecular weight excluding hydrogens is 371 g/mol. The van der Waals surface area contributed by atoms with E-state index in [1.807, 2.05) is 13.8 Å². The fourth-order valence-corrected chi connectivity index (χ4v) is 3.38. The van der Waals surface area contributed by atoms with Crippen molar-refractivity contribution in [3.63, 3.8) is 0 Å². The largest absolute Gasteiger partial charge is 0.265 e. The number of nitriles is 1. The molecule has 0 aliphatic heterocycles. The number of aromatic nitrogens is 4. The molecule has 3 aromatic rings. The van der Waals surface area contributed by atoms with Crippen molar-refractivity contribution in [2.24, 2.45) is 0 Å². The van der Waals surface area contributed by atoms with E-state index in [0.717, 1.165) is 12.1 Å². The molecule has 27 heavy (non-hydrogen) atoms. The number of nitrogens with one attached hydrogen (secondary N) is 1. The highest BCUT2D eigenvalue weighted by molar-refractivity contribution is 7.92. The lowest BCUT2D eigenvalue weighted by atomic mass is 10.1. The molecule has 8 nitrogen and oxygen atoms in total. The summed E-state index contributed by atoms with van der Waals surface area (Å²) in [6.45, 7) is 3.80. The number of hydrogen-bond donors (Lipinski definition) is 1. The topological polar surface area (TPSA) is 114 Å². The maximum absolute atomic E-state index is 14.2. The molecule has 0 aliphatic rings. The summed E-state index contributed by atoms with van der Waals surface area (Å²) in [6, 6.07) is 8.05. The van der Waals surface area contributed by atoms with E-state index < -0.39 is 20.7 Å². The minimum Gasteiger partial charge on any atom is -0.263 e. The molecule has 1 aromatic carbocycles. The van der Waals surface area contributed by atoms with Crippen molar-refractivity contribution in [2.45, 2.75) is 24.7 Å². The molecule has 10 heteroatoms. The Morgan fingerprint density at radius 3 is 2.52 bits per heavy atom. The van der Waals surface area contributed by atoms with Gasteiger partial charge in [0, 0.05) is 18.5 Å². The van der Waals surface area contributed by atoms with Gasteiger partial charge in [0.25, 0.3) is 16.0 Å². The lowest BCUT2D eigenvalue weighted by Crippen LogP contribution is -2.18. The summed E-state index contributed by atoms with van der Waals surface area (Å²) < 4.78 is 43.1. The summed E-state index contributed by atoms with van der Waals surface area (Å²) >= 11 is 0. The number of sulfonamides is 1. The van der Waals surface area contributed by atoms with E-state index >= 15 is 0 Å². The van der Waals surface area contributed by atoms with Crippen molar-refractivity contribution >= 4 is 15.8 Å². The Labute approximate surface area is 155 Å². The van der Waals surface area contributed by atoms with Crippen LogP contribution in [0.2, 0.25) is 0 Å². The lowest BCUT2D eigenvalue weighted by Gasteiger charge is -2.10. The van der Waals surface area contributed by atoms with Gasteiger partial charge in [-0.1, -0.05) is 13.8 Å². The predicted molar refractivity (Wildman–Crippen MR) is 95.2 cm³/mol. The third-order valence-electron chi connectivity index (χ3n) is 3.65. The number of hydrogen-bond acceptors (Lipinski definition) is 6. The molecular formula is C17H15FN6O2S. The zero-order valence-electron chi connectivity index (χ0n) is 14.5. The van der Waals surface area contributed by atoms with Gasteiger partial charge in [-0.3, -0.25) is 4.72 Å². The first-order valence-electron chi connectivity index (χ1n) is 7.91. The van der Waals surface area contributed by atoms with E-state index in [-0.39, 0.29) is 23.2 Å². The van der Waals surface area contributed by atoms with Gasteiger partial charge in [0.05, 0.1) is 17.3 Å². The molecule has 0 amide bonds. The summed E-state index contributed by atoms with van der Waals surface area (Å²) in [6.07, 6.45) is 3.00. The first-order valence-corrected chi connectivity index (χ1v) is 9.40. The Morgan fingerprint density at radius 1 is 1.22 bits per heavy atom. The molecule has 2 heterocycles. The minimum atomic E-state index is -4.26. The van der Waals surface area contributed by atoms with Crippen LogP contribution >= 0.6 is 0 Å². The Kier molecular flexibility index (Phi) is 4.87. The SMILES string of the molecule is CC(C)c1cc(NS(=O)(=O)c2ccc(C#N)cc2F)n(-c2ncccn2)n1. The summed E-state index contributed by atoms with van der Waals surface area (Å²) in [4.78, 5) is 7.56. The van der Waals surface area contributed by atoms with Gasteiger partial charge in [-0.25, -0.2) is 22.8 Å². The van der Waals surface area contributed by atoms with Crippen molar-refractivity contribution in [3.8, 4) is 12.0 Å². The maximum Gasteiger partial charge on any atom is 0.265 e. The number of halogens is 1. The summed E-state index contributed by atoms with van der Waals surface area (Å²) in [5.74, 6) is -0.756. The van der Waals surface area contributed by atoms with Crippen LogP contribution in [0.15, 0.2) is 47.6 Å². The Morgan fingerprint density at radius 2 is 1.93 bits per heavy atom. The second-order valence-corrected chi connectivity index (χ2v) is 7.58. The van der Waals surface area contributed by atoms with Crippen molar-refractivity contribution < 1.29 is 12.8 Å². The van der Waals surface area contributed by atoms with Gasteiger partial charge >= 0.3 is 0 Å². The zero-order chi connectivity index (χ0) is 19.6. The number of anilines is 1. The van der Waals surface area contributed by atoms with E-state index in [2.05, 4.69) is 19.8 Å². The molecule has 0 radical (unpaired) electrons. The average Bonchev–Trinajstić information content (AvgIpc) is 3.05. The molecule has 0 saturated carbocycles. The monoisotopic (exact) mass is 386 g/mol. The first kappa shape index (κ1) is 18.5. The van der Waals surface area contributed by atoms with Crippen LogP contribution < -0.4 is 4.72 Å². The van der Waals surface area contributed by atoms with E-state index in [1.165, 1.54) is 23.1 Å². The van der Waals surface area contributed by atoms with Crippen LogP contribution in [-0.2, 0) is 10.0 Å². The van der Waals surface area contributed by atoms with Gasteiger partial charge < -0.3 is 0 Å². The normalized spacial score (nSPS) is 11.4. The van der Waals surface area contributed by atoms with Crippen molar-refractivity contribution in [1.29, 1.82) is 5.26 Å². The molecule has 1 N–H and O–H groups in total. The summed E-state index contributed by atoms with van der Waals surface area (Å²) in [5, 5.41) is 13.1. The zero-order valence-corrected chi connectivity index (χ0v) is 15.3. The molecule has 0 fully saturated rings. The second kappa shape index (κ2) is 7.13. The summed E-state index contributed by atoms with van der Waals surface area (Å²) in [7, 11) is -4.26. The molecule has 3 rings (SSSR count). The van der Waals surface area contributed by atoms with Crippen LogP contribution in [0.5, 0.6) is 0 Å². The second-order valence-electron chi connectivity index (χ2n) is 5.93. The molecule has 0 spiro atoms. The van der Waals surface area contributed by atoms with Crippen LogP contribution in [0.3, 0.4) is 0 Å². The van der Waals surface area contributed by atoms with E-state index in [1.54, 1.807) is 18.2 Å². The van der Waals surface area contributed by atoms with E-state index in [0.29, 0.717) is 5.69 Å². The Balaban J connectivity index is 2.06. The highest BCUT2D eigenvalue weighted by atomic mass is 32.2. The molecule has 0 unspecified atom stereocenters. The third kappa shape index (κ3) is 3.78. The summed E-state index contributed by atoms with van der Waals surface area (Å²) in [5.41, 5.74) is 0.636. The van der Waals surface area contributed by atoms with Crippen LogP contribution in [0.4, 0.5) is 10.2 Å². The number of benzene rings is 1. The van der Waals surface area contributed by atoms with Gasteiger partial charge in [0.2, 0.25) is 0 Å². The van der Waals surface area contributed by atoms with Crippen molar-refractivity contribution in [3.05, 3.63) is 59.8 Å². The van der Waals surface area contributed by atoms with Gasteiger partial charge in [-0.05, 0) is 30.2 Å². The number of nitrogens with zero attached hydrogens (tertiary/aromatic N) is 5. The van der Waals surface area contributed by atoms with Crippen LogP contribution in [0.25, 0.3) is 5.95 Å². The Bertz CT molecular complexity index is 1120. The van der Waals surface area contributed by atoms with Crippen molar-refractivity contribution in [1.82, 2.24) is 19.7 Å². The van der Waals surface area contributed by atoms with Gasteiger partial charge in [-0.15, -0.1) is 0 Å². The van der Waals surface area contributed by atoms with Crippen LogP contribution in [0.1, 0.15) is 31.0 Å². The van der Waals surface area contributed by atoms with Gasteiger partial charge in [-0.2, -0.15) is 15.0 Å². The lowest BCUT2D eigenvalue weighted by molar-refractivity contribution is 0.569. The molecule has 138 valence electrons.